The van der Waals surface area contributed by atoms with E-state index in [1.165, 1.54) is 30.6 Å². The second-order valence-corrected chi connectivity index (χ2v) is 6.68. The molecule has 1 saturated carbocycles. The topological polar surface area (TPSA) is 42.0 Å². The summed E-state index contributed by atoms with van der Waals surface area (Å²) in [7, 11) is 0. The van der Waals surface area contributed by atoms with Crippen molar-refractivity contribution < 1.29 is 4.79 Å². The molecule has 21 heavy (non-hydrogen) atoms. The predicted octanol–water partition coefficient (Wildman–Crippen LogP) is 4.11. The van der Waals surface area contributed by atoms with Gasteiger partial charge in [-0.1, -0.05) is 18.9 Å². The zero-order chi connectivity index (χ0) is 14.7. The van der Waals surface area contributed by atoms with Gasteiger partial charge in [0, 0.05) is 16.8 Å². The van der Waals surface area contributed by atoms with Crippen molar-refractivity contribution >= 4 is 17.2 Å². The fourth-order valence-corrected chi connectivity index (χ4v) is 3.88. The Balaban J connectivity index is 1.77. The Morgan fingerprint density at radius 3 is 2.76 bits per heavy atom. The molecule has 3 nitrogen and oxygen atoms in total. The number of amides is 1. The Kier molecular flexibility index (Phi) is 4.34. The first-order valence-corrected chi connectivity index (χ1v) is 8.39. The van der Waals surface area contributed by atoms with Gasteiger partial charge in [0.05, 0.1) is 11.6 Å². The predicted molar refractivity (Wildman–Crippen MR) is 85.5 cm³/mol. The molecular formula is C17H20N2OS. The molecule has 2 aromatic heterocycles. The van der Waals surface area contributed by atoms with E-state index >= 15 is 0 Å². The van der Waals surface area contributed by atoms with Gasteiger partial charge in [-0.25, -0.2) is 0 Å². The van der Waals surface area contributed by atoms with Gasteiger partial charge in [-0.3, -0.25) is 9.78 Å². The van der Waals surface area contributed by atoms with Crippen LogP contribution in [0.4, 0.5) is 0 Å². The van der Waals surface area contributed by atoms with Crippen LogP contribution in [0.15, 0.2) is 35.8 Å². The molecule has 0 spiro atoms. The molecule has 0 unspecified atom stereocenters. The van der Waals surface area contributed by atoms with Crippen LogP contribution in [-0.4, -0.2) is 10.9 Å². The van der Waals surface area contributed by atoms with Crippen LogP contribution in [0.5, 0.6) is 0 Å². The van der Waals surface area contributed by atoms with Crippen LogP contribution < -0.4 is 5.32 Å². The summed E-state index contributed by atoms with van der Waals surface area (Å²) >= 11 is 1.73. The van der Waals surface area contributed by atoms with E-state index in [9.17, 15) is 4.79 Å². The number of nitrogens with one attached hydrogen (secondary N) is 1. The van der Waals surface area contributed by atoms with E-state index in [-0.39, 0.29) is 11.9 Å². The summed E-state index contributed by atoms with van der Waals surface area (Å²) in [4.78, 5) is 17.9. The second-order valence-electron chi connectivity index (χ2n) is 5.70. The molecule has 0 bridgehead atoms. The first kappa shape index (κ1) is 14.3. The van der Waals surface area contributed by atoms with E-state index in [1.54, 1.807) is 17.5 Å². The normalized spacial score (nSPS) is 16.8. The van der Waals surface area contributed by atoms with Gasteiger partial charge in [0.25, 0.3) is 5.91 Å². The molecule has 110 valence electrons. The zero-order valence-electron chi connectivity index (χ0n) is 12.2. The Bertz CT molecular complexity index is 586. The van der Waals surface area contributed by atoms with Gasteiger partial charge in [0.15, 0.2) is 0 Å². The highest BCUT2D eigenvalue weighted by molar-refractivity contribution is 7.10. The highest BCUT2D eigenvalue weighted by Gasteiger charge is 2.28. The van der Waals surface area contributed by atoms with Crippen molar-refractivity contribution in [2.45, 2.75) is 38.6 Å². The Morgan fingerprint density at radius 2 is 2.14 bits per heavy atom. The summed E-state index contributed by atoms with van der Waals surface area (Å²) in [5.41, 5.74) is 1.57. The minimum absolute atomic E-state index is 0.0206. The minimum Gasteiger partial charge on any atom is -0.344 e. The number of carbonyl (C=O) groups excluding carboxylic acids is 1. The third-order valence-corrected chi connectivity index (χ3v) is 5.14. The fourth-order valence-electron chi connectivity index (χ4n) is 3.01. The lowest BCUT2D eigenvalue weighted by molar-refractivity contribution is 0.0922. The largest absolute Gasteiger partial charge is 0.344 e. The number of hydrogen-bond acceptors (Lipinski definition) is 3. The van der Waals surface area contributed by atoms with Crippen LogP contribution in [0, 0.1) is 12.8 Å². The van der Waals surface area contributed by atoms with Crippen LogP contribution in [0.2, 0.25) is 0 Å². The van der Waals surface area contributed by atoms with E-state index in [1.807, 2.05) is 19.1 Å². The third-order valence-electron chi connectivity index (χ3n) is 4.18. The van der Waals surface area contributed by atoms with Gasteiger partial charge in [-0.2, -0.15) is 0 Å². The molecule has 1 N–H and O–H groups in total. The average molecular weight is 300 g/mol. The van der Waals surface area contributed by atoms with E-state index in [0.29, 0.717) is 11.5 Å². The SMILES string of the molecule is Cc1ccc(C(=O)N[C@H](c2cccs2)C2CCCC2)cn1. The van der Waals surface area contributed by atoms with Crippen molar-refractivity contribution in [3.05, 3.63) is 52.0 Å². The molecule has 2 aromatic rings. The highest BCUT2D eigenvalue weighted by atomic mass is 32.1. The van der Waals surface area contributed by atoms with Crippen molar-refractivity contribution in [1.82, 2.24) is 10.3 Å². The maximum Gasteiger partial charge on any atom is 0.253 e. The molecule has 0 aliphatic heterocycles. The summed E-state index contributed by atoms with van der Waals surface area (Å²) < 4.78 is 0. The fraction of sp³-hybridized carbons (Fsp3) is 0.412. The van der Waals surface area contributed by atoms with E-state index < -0.39 is 0 Å². The van der Waals surface area contributed by atoms with Crippen molar-refractivity contribution in [2.24, 2.45) is 5.92 Å². The van der Waals surface area contributed by atoms with Gasteiger partial charge < -0.3 is 5.32 Å². The molecule has 1 atom stereocenters. The maximum atomic E-state index is 12.5. The first-order valence-electron chi connectivity index (χ1n) is 7.51. The maximum absolute atomic E-state index is 12.5. The van der Waals surface area contributed by atoms with Gasteiger partial charge >= 0.3 is 0 Å². The lowest BCUT2D eigenvalue weighted by Crippen LogP contribution is -2.32. The third kappa shape index (κ3) is 3.32. The molecule has 1 aliphatic carbocycles. The Morgan fingerprint density at radius 1 is 1.33 bits per heavy atom. The molecule has 1 fully saturated rings. The molecule has 0 saturated heterocycles. The lowest BCUT2D eigenvalue weighted by Gasteiger charge is -2.23. The molecule has 2 heterocycles. The summed E-state index contributed by atoms with van der Waals surface area (Å²) in [5.74, 6) is 0.541. The van der Waals surface area contributed by atoms with Crippen LogP contribution in [0.3, 0.4) is 0 Å². The molecule has 3 rings (SSSR count). The number of hydrogen-bond donors (Lipinski definition) is 1. The number of aromatic nitrogens is 1. The second kappa shape index (κ2) is 6.39. The number of aryl methyl sites for hydroxylation is 1. The summed E-state index contributed by atoms with van der Waals surface area (Å²) in [5, 5.41) is 5.31. The van der Waals surface area contributed by atoms with E-state index in [4.69, 9.17) is 0 Å². The van der Waals surface area contributed by atoms with Crippen LogP contribution in [0.1, 0.15) is 52.7 Å². The van der Waals surface area contributed by atoms with Gasteiger partial charge in [0.1, 0.15) is 0 Å². The van der Waals surface area contributed by atoms with Crippen molar-refractivity contribution in [1.29, 1.82) is 0 Å². The molecule has 0 radical (unpaired) electrons. The summed E-state index contributed by atoms with van der Waals surface area (Å²) in [6.45, 7) is 1.93. The van der Waals surface area contributed by atoms with Crippen molar-refractivity contribution in [3.8, 4) is 0 Å². The van der Waals surface area contributed by atoms with Crippen LogP contribution >= 0.6 is 11.3 Å². The number of pyridine rings is 1. The minimum atomic E-state index is -0.0206. The Hall–Kier alpha value is -1.68. The zero-order valence-corrected chi connectivity index (χ0v) is 13.0. The average Bonchev–Trinajstić information content (AvgIpc) is 3.19. The lowest BCUT2D eigenvalue weighted by atomic mass is 9.96. The Labute approximate surface area is 129 Å². The number of nitrogens with zero attached hydrogens (tertiary/aromatic N) is 1. The van der Waals surface area contributed by atoms with E-state index in [0.717, 1.165) is 5.69 Å². The first-order chi connectivity index (χ1) is 10.2. The number of rotatable bonds is 4. The molecular weight excluding hydrogens is 280 g/mol. The molecule has 0 aromatic carbocycles. The smallest absolute Gasteiger partial charge is 0.253 e. The highest BCUT2D eigenvalue weighted by Crippen LogP contribution is 2.37. The number of thiophene rings is 1. The standard InChI is InChI=1S/C17H20N2OS/c1-12-8-9-14(11-18-12)17(20)19-16(13-5-2-3-6-13)15-7-4-10-21-15/h4,7-11,13,16H,2-3,5-6H2,1H3,(H,19,20)/t16-/m0/s1. The van der Waals surface area contributed by atoms with Crippen LogP contribution in [0.25, 0.3) is 0 Å². The van der Waals surface area contributed by atoms with Gasteiger partial charge in [0.2, 0.25) is 0 Å². The van der Waals surface area contributed by atoms with Gasteiger partial charge in [-0.15, -0.1) is 11.3 Å². The molecule has 1 aliphatic rings. The number of carbonyl (C=O) groups is 1. The summed E-state index contributed by atoms with van der Waals surface area (Å²) in [6.07, 6.45) is 6.61. The summed E-state index contributed by atoms with van der Waals surface area (Å²) in [6, 6.07) is 8.05. The van der Waals surface area contributed by atoms with Crippen molar-refractivity contribution in [3.63, 3.8) is 0 Å². The molecule has 1 amide bonds. The van der Waals surface area contributed by atoms with Crippen LogP contribution in [-0.2, 0) is 0 Å². The monoisotopic (exact) mass is 300 g/mol. The van der Waals surface area contributed by atoms with Gasteiger partial charge in [-0.05, 0) is 49.3 Å². The quantitative estimate of drug-likeness (QED) is 0.923. The molecule has 4 heteroatoms. The van der Waals surface area contributed by atoms with E-state index in [2.05, 4.69) is 27.8 Å². The van der Waals surface area contributed by atoms with Crippen molar-refractivity contribution in [2.75, 3.05) is 0 Å².